The van der Waals surface area contributed by atoms with E-state index in [1.54, 1.807) is 6.92 Å². The van der Waals surface area contributed by atoms with Gasteiger partial charge in [0.05, 0.1) is 18.8 Å². The molecule has 0 amide bonds. The summed E-state index contributed by atoms with van der Waals surface area (Å²) in [6.45, 7) is 4.45. The van der Waals surface area contributed by atoms with Gasteiger partial charge in [-0.2, -0.15) is 0 Å². The van der Waals surface area contributed by atoms with Crippen molar-refractivity contribution in [3.05, 3.63) is 0 Å². The zero-order chi connectivity index (χ0) is 12.7. The normalized spacial score (nSPS) is 28.9. The van der Waals surface area contributed by atoms with E-state index in [1.807, 2.05) is 0 Å². The number of hydrogen-bond donors (Lipinski definition) is 0. The number of Topliss-reactive ketones (excluding diaryl/α,β-unsaturated/α-hetero) is 1. The number of rotatable bonds is 7. The molecule has 1 aliphatic heterocycles. The third kappa shape index (κ3) is 4.56. The molecule has 0 spiro atoms. The number of carbonyl (C=O) groups is 2. The number of ketones is 1. The number of aldehydes is 1. The van der Waals surface area contributed by atoms with Crippen molar-refractivity contribution in [3.8, 4) is 0 Å². The summed E-state index contributed by atoms with van der Waals surface area (Å²) in [5, 5.41) is 0. The predicted octanol–water partition coefficient (Wildman–Crippen LogP) is 1.90. The van der Waals surface area contributed by atoms with Gasteiger partial charge in [-0.1, -0.05) is 32.6 Å². The summed E-state index contributed by atoms with van der Waals surface area (Å²) in [6, 6.07) is 0. The highest BCUT2D eigenvalue weighted by Crippen LogP contribution is 2.19. The Bertz CT molecular complexity index is 252. The van der Waals surface area contributed by atoms with Crippen molar-refractivity contribution < 1.29 is 19.1 Å². The molecule has 4 heteroatoms. The molecule has 0 aromatic rings. The Labute approximate surface area is 103 Å². The summed E-state index contributed by atoms with van der Waals surface area (Å²) in [5.74, 6) is -0.518. The minimum absolute atomic E-state index is 0.0445. The lowest BCUT2D eigenvalue weighted by atomic mass is 10.1. The number of carbonyl (C=O) groups excluding carboxylic acids is 2. The third-order valence-electron chi connectivity index (χ3n) is 3.09. The second kappa shape index (κ2) is 7.56. The first-order valence-corrected chi connectivity index (χ1v) is 6.45. The molecule has 0 aromatic heterocycles. The van der Waals surface area contributed by atoms with Gasteiger partial charge >= 0.3 is 0 Å². The molecule has 0 aliphatic carbocycles. The Morgan fingerprint density at radius 2 is 2.12 bits per heavy atom. The number of ether oxygens (including phenoxy) is 2. The lowest BCUT2D eigenvalue weighted by Crippen LogP contribution is -2.46. The molecule has 1 rings (SSSR count). The fourth-order valence-corrected chi connectivity index (χ4v) is 2.02. The van der Waals surface area contributed by atoms with Gasteiger partial charge in [0.1, 0.15) is 6.10 Å². The maximum Gasteiger partial charge on any atom is 0.226 e. The molecule has 0 aromatic carbocycles. The first kappa shape index (κ1) is 14.3. The van der Waals surface area contributed by atoms with E-state index >= 15 is 0 Å². The first-order chi connectivity index (χ1) is 8.19. The molecule has 1 heterocycles. The average Bonchev–Trinajstić information content (AvgIpc) is 2.35. The molecule has 1 fully saturated rings. The minimum Gasteiger partial charge on any atom is -0.373 e. The van der Waals surface area contributed by atoms with E-state index in [2.05, 4.69) is 6.92 Å². The van der Waals surface area contributed by atoms with Crippen molar-refractivity contribution in [3.63, 3.8) is 0 Å². The molecule has 0 N–H and O–H groups in total. The van der Waals surface area contributed by atoms with Crippen molar-refractivity contribution in [1.82, 2.24) is 0 Å². The van der Waals surface area contributed by atoms with Crippen LogP contribution in [0.3, 0.4) is 0 Å². The second-order valence-electron chi connectivity index (χ2n) is 4.59. The van der Waals surface area contributed by atoms with Gasteiger partial charge in [-0.25, -0.2) is 0 Å². The number of hydrogen-bond acceptors (Lipinski definition) is 4. The van der Waals surface area contributed by atoms with E-state index in [0.717, 1.165) is 12.8 Å². The van der Waals surface area contributed by atoms with Crippen LogP contribution in [0.1, 0.15) is 46.0 Å². The Hall–Kier alpha value is -0.740. The molecule has 0 radical (unpaired) electrons. The molecule has 4 nitrogen and oxygen atoms in total. The topological polar surface area (TPSA) is 52.6 Å². The highest BCUT2D eigenvalue weighted by atomic mass is 16.6. The largest absolute Gasteiger partial charge is 0.373 e. The smallest absolute Gasteiger partial charge is 0.226 e. The zero-order valence-electron chi connectivity index (χ0n) is 10.7. The summed E-state index contributed by atoms with van der Waals surface area (Å²) < 4.78 is 11.1. The average molecular weight is 242 g/mol. The van der Waals surface area contributed by atoms with Gasteiger partial charge in [0, 0.05) is 0 Å². The van der Waals surface area contributed by atoms with Gasteiger partial charge < -0.3 is 9.47 Å². The van der Waals surface area contributed by atoms with E-state index in [9.17, 15) is 9.59 Å². The quantitative estimate of drug-likeness (QED) is 0.389. The van der Waals surface area contributed by atoms with Crippen LogP contribution in [-0.2, 0) is 19.1 Å². The van der Waals surface area contributed by atoms with Crippen LogP contribution in [0.25, 0.3) is 0 Å². The van der Waals surface area contributed by atoms with Crippen molar-refractivity contribution >= 4 is 12.1 Å². The van der Waals surface area contributed by atoms with Gasteiger partial charge in [-0.15, -0.1) is 0 Å². The maximum absolute atomic E-state index is 11.3. The Morgan fingerprint density at radius 1 is 1.35 bits per heavy atom. The van der Waals surface area contributed by atoms with Crippen molar-refractivity contribution in [1.29, 1.82) is 0 Å². The van der Waals surface area contributed by atoms with Gasteiger partial charge in [0.15, 0.2) is 6.29 Å². The van der Waals surface area contributed by atoms with Crippen LogP contribution in [0.5, 0.6) is 0 Å². The van der Waals surface area contributed by atoms with Crippen LogP contribution >= 0.6 is 0 Å². The summed E-state index contributed by atoms with van der Waals surface area (Å²) in [4.78, 5) is 21.8. The summed E-state index contributed by atoms with van der Waals surface area (Å²) >= 11 is 0. The zero-order valence-corrected chi connectivity index (χ0v) is 10.7. The molecular formula is C13H22O4. The molecule has 3 atom stereocenters. The van der Waals surface area contributed by atoms with Crippen LogP contribution in [0.15, 0.2) is 0 Å². The molecule has 0 bridgehead atoms. The van der Waals surface area contributed by atoms with Crippen LogP contribution in [0.4, 0.5) is 0 Å². The fraction of sp³-hybridized carbons (Fsp3) is 0.846. The van der Waals surface area contributed by atoms with Crippen LogP contribution in [0.2, 0.25) is 0 Å². The van der Waals surface area contributed by atoms with E-state index in [0.29, 0.717) is 12.9 Å². The first-order valence-electron chi connectivity index (χ1n) is 6.45. The summed E-state index contributed by atoms with van der Waals surface area (Å²) in [6.07, 6.45) is 4.83. The summed E-state index contributed by atoms with van der Waals surface area (Å²) in [5.41, 5.74) is 0. The molecule has 3 unspecified atom stereocenters. The van der Waals surface area contributed by atoms with E-state index in [1.165, 1.54) is 19.3 Å². The molecule has 17 heavy (non-hydrogen) atoms. The van der Waals surface area contributed by atoms with Crippen molar-refractivity contribution in [2.45, 2.75) is 64.3 Å². The Kier molecular flexibility index (Phi) is 6.37. The Morgan fingerprint density at radius 3 is 2.76 bits per heavy atom. The van der Waals surface area contributed by atoms with Crippen LogP contribution in [0, 0.1) is 0 Å². The Balaban J connectivity index is 2.33. The standard InChI is InChI=1S/C13H22O4/c1-3-4-5-6-7-11-9-16-10(2)13(17-11)12(15)8-14/h8,10-11,13H,3-7,9H2,1-2H3. The maximum atomic E-state index is 11.3. The molecule has 98 valence electrons. The molecule has 0 saturated carbocycles. The van der Waals surface area contributed by atoms with E-state index in [-0.39, 0.29) is 12.2 Å². The van der Waals surface area contributed by atoms with Gasteiger partial charge in [-0.05, 0) is 13.3 Å². The van der Waals surface area contributed by atoms with Crippen LogP contribution < -0.4 is 0 Å². The highest BCUT2D eigenvalue weighted by Gasteiger charge is 2.33. The highest BCUT2D eigenvalue weighted by molar-refractivity contribution is 6.27. The second-order valence-corrected chi connectivity index (χ2v) is 4.59. The molecular weight excluding hydrogens is 220 g/mol. The molecule has 1 saturated heterocycles. The number of unbranched alkanes of at least 4 members (excludes halogenated alkanes) is 3. The van der Waals surface area contributed by atoms with E-state index < -0.39 is 11.9 Å². The lowest BCUT2D eigenvalue weighted by molar-refractivity contribution is -0.183. The van der Waals surface area contributed by atoms with Crippen LogP contribution in [-0.4, -0.2) is 37.0 Å². The van der Waals surface area contributed by atoms with Gasteiger partial charge in [-0.3, -0.25) is 9.59 Å². The van der Waals surface area contributed by atoms with Gasteiger partial charge in [0.25, 0.3) is 0 Å². The monoisotopic (exact) mass is 242 g/mol. The third-order valence-corrected chi connectivity index (χ3v) is 3.09. The van der Waals surface area contributed by atoms with Gasteiger partial charge in [0.2, 0.25) is 5.78 Å². The SMILES string of the molecule is CCCCCCC1COC(C)C(C(=O)C=O)O1. The minimum atomic E-state index is -0.711. The van der Waals surface area contributed by atoms with Crippen molar-refractivity contribution in [2.24, 2.45) is 0 Å². The van der Waals surface area contributed by atoms with Crippen molar-refractivity contribution in [2.75, 3.05) is 6.61 Å². The predicted molar refractivity (Wildman–Crippen MR) is 63.9 cm³/mol. The molecule has 1 aliphatic rings. The lowest BCUT2D eigenvalue weighted by Gasteiger charge is -2.33. The van der Waals surface area contributed by atoms with E-state index in [4.69, 9.17) is 9.47 Å². The fourth-order valence-electron chi connectivity index (χ4n) is 2.02. The summed E-state index contributed by atoms with van der Waals surface area (Å²) in [7, 11) is 0.